The van der Waals surface area contributed by atoms with Crippen LogP contribution in [0.4, 0.5) is 5.69 Å². The summed E-state index contributed by atoms with van der Waals surface area (Å²) < 4.78 is 2.07. The molecule has 1 fully saturated rings. The van der Waals surface area contributed by atoms with Crippen LogP contribution in [-0.4, -0.2) is 15.8 Å². The van der Waals surface area contributed by atoms with Crippen LogP contribution in [0, 0.1) is 19.8 Å². The fourth-order valence-electron chi connectivity index (χ4n) is 2.16. The van der Waals surface area contributed by atoms with Crippen LogP contribution in [0.3, 0.4) is 0 Å². The van der Waals surface area contributed by atoms with Crippen molar-refractivity contribution >= 4 is 5.69 Å². The summed E-state index contributed by atoms with van der Waals surface area (Å²) in [4.78, 5) is 0. The third kappa shape index (κ3) is 2.01. The summed E-state index contributed by atoms with van der Waals surface area (Å²) in [6.07, 6.45) is 2.77. The third-order valence-electron chi connectivity index (χ3n) is 3.38. The SMILES string of the molecule is CCn1nc(C)c(NC(C)C2CC2)c1C. The van der Waals surface area contributed by atoms with E-state index in [4.69, 9.17) is 0 Å². The molecule has 15 heavy (non-hydrogen) atoms. The summed E-state index contributed by atoms with van der Waals surface area (Å²) in [5.41, 5.74) is 3.64. The van der Waals surface area contributed by atoms with E-state index in [1.165, 1.54) is 24.2 Å². The second-order valence-electron chi connectivity index (χ2n) is 4.63. The van der Waals surface area contributed by atoms with Gasteiger partial charge in [-0.15, -0.1) is 0 Å². The molecule has 3 nitrogen and oxygen atoms in total. The average Bonchev–Trinajstić information content (AvgIpc) is 3.00. The van der Waals surface area contributed by atoms with Gasteiger partial charge in [0.2, 0.25) is 0 Å². The minimum absolute atomic E-state index is 0.594. The van der Waals surface area contributed by atoms with Crippen LogP contribution in [0.5, 0.6) is 0 Å². The number of hydrogen-bond donors (Lipinski definition) is 1. The van der Waals surface area contributed by atoms with Crippen LogP contribution >= 0.6 is 0 Å². The minimum Gasteiger partial charge on any atom is -0.379 e. The first-order valence-electron chi connectivity index (χ1n) is 5.94. The Morgan fingerprint density at radius 1 is 1.47 bits per heavy atom. The quantitative estimate of drug-likeness (QED) is 0.822. The number of aromatic nitrogens is 2. The minimum atomic E-state index is 0.594. The molecule has 0 aliphatic heterocycles. The molecule has 1 N–H and O–H groups in total. The second kappa shape index (κ2) is 3.87. The van der Waals surface area contributed by atoms with Crippen molar-refractivity contribution in [2.24, 2.45) is 5.92 Å². The van der Waals surface area contributed by atoms with Gasteiger partial charge in [-0.2, -0.15) is 5.10 Å². The molecule has 1 aromatic heterocycles. The number of aryl methyl sites for hydroxylation is 2. The zero-order valence-electron chi connectivity index (χ0n) is 10.2. The lowest BCUT2D eigenvalue weighted by atomic mass is 10.2. The average molecular weight is 207 g/mol. The summed E-state index contributed by atoms with van der Waals surface area (Å²) in [5.74, 6) is 0.883. The zero-order chi connectivity index (χ0) is 11.0. The number of rotatable bonds is 4. The Kier molecular flexibility index (Phi) is 2.72. The smallest absolute Gasteiger partial charge is 0.0828 e. The van der Waals surface area contributed by atoms with Crippen LogP contribution in [0.25, 0.3) is 0 Å². The van der Waals surface area contributed by atoms with Gasteiger partial charge in [-0.3, -0.25) is 4.68 Å². The summed E-state index contributed by atoms with van der Waals surface area (Å²) >= 11 is 0. The van der Waals surface area contributed by atoms with E-state index in [9.17, 15) is 0 Å². The first kappa shape index (κ1) is 10.5. The van der Waals surface area contributed by atoms with E-state index in [2.05, 4.69) is 42.8 Å². The standard InChI is InChI=1S/C12H21N3/c1-5-15-10(4)12(9(3)14-15)13-8(2)11-6-7-11/h8,11,13H,5-7H2,1-4H3. The summed E-state index contributed by atoms with van der Waals surface area (Å²) in [7, 11) is 0. The largest absolute Gasteiger partial charge is 0.379 e. The Labute approximate surface area is 91.9 Å². The highest BCUT2D eigenvalue weighted by Crippen LogP contribution is 2.34. The molecule has 1 unspecified atom stereocenters. The zero-order valence-corrected chi connectivity index (χ0v) is 10.2. The van der Waals surface area contributed by atoms with E-state index in [0.29, 0.717) is 6.04 Å². The maximum absolute atomic E-state index is 4.52. The fourth-order valence-corrected chi connectivity index (χ4v) is 2.16. The molecule has 0 aromatic carbocycles. The van der Waals surface area contributed by atoms with Crippen LogP contribution in [0.15, 0.2) is 0 Å². The van der Waals surface area contributed by atoms with E-state index in [0.717, 1.165) is 18.2 Å². The maximum atomic E-state index is 4.52. The molecule has 2 rings (SSSR count). The number of anilines is 1. The molecule has 1 heterocycles. The predicted octanol–water partition coefficient (Wildman–Crippen LogP) is 2.73. The monoisotopic (exact) mass is 207 g/mol. The van der Waals surface area contributed by atoms with Crippen LogP contribution in [0.2, 0.25) is 0 Å². The van der Waals surface area contributed by atoms with E-state index >= 15 is 0 Å². The lowest BCUT2D eigenvalue weighted by Gasteiger charge is -2.14. The van der Waals surface area contributed by atoms with Gasteiger partial charge >= 0.3 is 0 Å². The molecular weight excluding hydrogens is 186 g/mol. The van der Waals surface area contributed by atoms with Crippen molar-refractivity contribution in [1.29, 1.82) is 0 Å². The molecule has 0 spiro atoms. The Morgan fingerprint density at radius 3 is 2.60 bits per heavy atom. The summed E-state index contributed by atoms with van der Waals surface area (Å²) in [5, 5.41) is 8.13. The second-order valence-corrected chi connectivity index (χ2v) is 4.63. The van der Waals surface area contributed by atoms with Gasteiger partial charge in [-0.1, -0.05) is 0 Å². The van der Waals surface area contributed by atoms with Gasteiger partial charge in [0.1, 0.15) is 0 Å². The van der Waals surface area contributed by atoms with Crippen LogP contribution in [-0.2, 0) is 6.54 Å². The van der Waals surface area contributed by atoms with Crippen molar-refractivity contribution < 1.29 is 0 Å². The molecule has 1 atom stereocenters. The van der Waals surface area contributed by atoms with Crippen molar-refractivity contribution in [3.8, 4) is 0 Å². The van der Waals surface area contributed by atoms with Crippen LogP contribution < -0.4 is 5.32 Å². The lowest BCUT2D eigenvalue weighted by Crippen LogP contribution is -2.18. The molecule has 1 aromatic rings. The van der Waals surface area contributed by atoms with Crippen molar-refractivity contribution in [1.82, 2.24) is 9.78 Å². The molecule has 1 aliphatic carbocycles. The molecule has 1 aliphatic rings. The van der Waals surface area contributed by atoms with E-state index < -0.39 is 0 Å². The molecule has 0 radical (unpaired) electrons. The normalized spacial score (nSPS) is 17.9. The number of nitrogens with zero attached hydrogens (tertiary/aromatic N) is 2. The topological polar surface area (TPSA) is 29.9 Å². The van der Waals surface area contributed by atoms with Gasteiger partial charge in [-0.05, 0) is 46.5 Å². The van der Waals surface area contributed by atoms with Crippen molar-refractivity contribution in [3.05, 3.63) is 11.4 Å². The highest BCUT2D eigenvalue weighted by molar-refractivity contribution is 5.52. The summed E-state index contributed by atoms with van der Waals surface area (Å²) in [6.45, 7) is 9.59. The van der Waals surface area contributed by atoms with Crippen molar-refractivity contribution in [2.45, 2.75) is 53.1 Å². The van der Waals surface area contributed by atoms with E-state index in [1.807, 2.05) is 0 Å². The van der Waals surface area contributed by atoms with Gasteiger partial charge in [0.05, 0.1) is 17.1 Å². The predicted molar refractivity (Wildman–Crippen MR) is 63.2 cm³/mol. The highest BCUT2D eigenvalue weighted by Gasteiger charge is 2.28. The van der Waals surface area contributed by atoms with Gasteiger partial charge in [-0.25, -0.2) is 0 Å². The lowest BCUT2D eigenvalue weighted by molar-refractivity contribution is 0.634. The molecule has 0 saturated heterocycles. The van der Waals surface area contributed by atoms with Gasteiger partial charge in [0.15, 0.2) is 0 Å². The van der Waals surface area contributed by atoms with Crippen molar-refractivity contribution in [2.75, 3.05) is 5.32 Å². The Hall–Kier alpha value is -0.990. The molecule has 3 heteroatoms. The maximum Gasteiger partial charge on any atom is 0.0828 e. The molecular formula is C12H21N3. The Morgan fingerprint density at radius 2 is 2.13 bits per heavy atom. The van der Waals surface area contributed by atoms with Gasteiger partial charge < -0.3 is 5.32 Å². The molecule has 0 bridgehead atoms. The number of nitrogens with one attached hydrogen (secondary N) is 1. The number of hydrogen-bond acceptors (Lipinski definition) is 2. The van der Waals surface area contributed by atoms with Gasteiger partial charge in [0.25, 0.3) is 0 Å². The third-order valence-corrected chi connectivity index (χ3v) is 3.38. The highest BCUT2D eigenvalue weighted by atomic mass is 15.3. The first-order valence-corrected chi connectivity index (χ1v) is 5.94. The van der Waals surface area contributed by atoms with Crippen molar-refractivity contribution in [3.63, 3.8) is 0 Å². The van der Waals surface area contributed by atoms with E-state index in [1.54, 1.807) is 0 Å². The molecule has 1 saturated carbocycles. The van der Waals surface area contributed by atoms with Gasteiger partial charge in [0, 0.05) is 12.6 Å². The summed E-state index contributed by atoms with van der Waals surface area (Å²) in [6, 6.07) is 0.594. The van der Waals surface area contributed by atoms with E-state index in [-0.39, 0.29) is 0 Å². The Bertz CT molecular complexity index is 350. The fraction of sp³-hybridized carbons (Fsp3) is 0.750. The molecule has 84 valence electrons. The first-order chi connectivity index (χ1) is 7.13. The Balaban J connectivity index is 2.15. The van der Waals surface area contributed by atoms with Crippen LogP contribution in [0.1, 0.15) is 38.1 Å². The molecule has 0 amide bonds.